The van der Waals surface area contributed by atoms with Gasteiger partial charge in [0.2, 0.25) is 0 Å². The Labute approximate surface area is 202 Å². The summed E-state index contributed by atoms with van der Waals surface area (Å²) < 4.78 is 30.4. The van der Waals surface area contributed by atoms with E-state index in [1.807, 2.05) is 0 Å². The van der Waals surface area contributed by atoms with E-state index in [9.17, 15) is 9.36 Å². The molecule has 4 rings (SSSR count). The Morgan fingerprint density at radius 3 is 2.49 bits per heavy atom. The summed E-state index contributed by atoms with van der Waals surface area (Å²) in [5, 5.41) is 4.73. The molecule has 0 saturated carbocycles. The predicted molar refractivity (Wildman–Crippen MR) is 134 cm³/mol. The van der Waals surface area contributed by atoms with Crippen molar-refractivity contribution in [3.63, 3.8) is 0 Å². The molecule has 0 spiro atoms. The lowest BCUT2D eigenvalue weighted by molar-refractivity contribution is 0.219. The number of rotatable bonds is 10. The average Bonchev–Trinajstić information content (AvgIpc) is 3.37. The minimum Gasteiger partial charge on any atom is -0.494 e. The Hall–Kier alpha value is -3.59. The van der Waals surface area contributed by atoms with Crippen LogP contribution in [0.2, 0.25) is 0 Å². The number of fused-ring (bicyclic) bond motifs is 1. The molecule has 4 aromatic rings. The SMILES string of the molecule is CCOP(=O)(Cc1ccc(-c2nc3c(OC)cccc3c(=O)n2N=Cc2ncc[nH]2)cc1)OCC. The van der Waals surface area contributed by atoms with Gasteiger partial charge in [0.1, 0.15) is 17.1 Å². The number of nitrogens with one attached hydrogen (secondary N) is 1. The third kappa shape index (κ3) is 5.40. The smallest absolute Gasteiger partial charge is 0.335 e. The topological polar surface area (TPSA) is 121 Å². The normalized spacial score (nSPS) is 12.0. The highest BCUT2D eigenvalue weighted by atomic mass is 31.2. The van der Waals surface area contributed by atoms with Crippen LogP contribution in [0.1, 0.15) is 25.2 Å². The molecule has 35 heavy (non-hydrogen) atoms. The molecular weight excluding hydrogens is 469 g/mol. The first-order valence-corrected chi connectivity index (χ1v) is 12.8. The second kappa shape index (κ2) is 10.8. The zero-order chi connectivity index (χ0) is 24.8. The Morgan fingerprint density at radius 2 is 1.86 bits per heavy atom. The molecule has 0 bridgehead atoms. The third-order valence-corrected chi connectivity index (χ3v) is 7.17. The van der Waals surface area contributed by atoms with Crippen LogP contribution >= 0.6 is 7.60 Å². The number of hydrogen-bond donors (Lipinski definition) is 1. The maximum atomic E-state index is 13.4. The predicted octanol–water partition coefficient (Wildman–Crippen LogP) is 4.44. The van der Waals surface area contributed by atoms with E-state index >= 15 is 0 Å². The van der Waals surface area contributed by atoms with E-state index < -0.39 is 7.60 Å². The number of benzene rings is 2. The summed E-state index contributed by atoms with van der Waals surface area (Å²) in [6.07, 6.45) is 4.84. The zero-order valence-electron chi connectivity index (χ0n) is 19.7. The zero-order valence-corrected chi connectivity index (χ0v) is 20.6. The van der Waals surface area contributed by atoms with Crippen molar-refractivity contribution in [1.29, 1.82) is 0 Å². The minimum absolute atomic E-state index is 0.136. The second-order valence-corrected chi connectivity index (χ2v) is 9.48. The number of hydrogen-bond acceptors (Lipinski definition) is 8. The molecule has 182 valence electrons. The second-order valence-electron chi connectivity index (χ2n) is 7.43. The maximum absolute atomic E-state index is 13.4. The van der Waals surface area contributed by atoms with Crippen LogP contribution in [0.5, 0.6) is 5.75 Å². The molecule has 0 atom stereocenters. The molecule has 2 aromatic carbocycles. The van der Waals surface area contributed by atoms with Gasteiger partial charge in [0.15, 0.2) is 5.82 Å². The number of para-hydroxylation sites is 1. The molecule has 11 heteroatoms. The summed E-state index contributed by atoms with van der Waals surface area (Å²) in [5.41, 5.74) is 1.48. The Kier molecular flexibility index (Phi) is 7.55. The molecule has 0 aliphatic heterocycles. The van der Waals surface area contributed by atoms with Crippen LogP contribution in [0.25, 0.3) is 22.3 Å². The summed E-state index contributed by atoms with van der Waals surface area (Å²) >= 11 is 0. The number of H-pyrrole nitrogens is 1. The fourth-order valence-corrected chi connectivity index (χ4v) is 5.30. The summed E-state index contributed by atoms with van der Waals surface area (Å²) in [7, 11) is -1.72. The van der Waals surface area contributed by atoms with Gasteiger partial charge in [0.05, 0.1) is 38.1 Å². The summed E-state index contributed by atoms with van der Waals surface area (Å²) in [4.78, 5) is 25.2. The maximum Gasteiger partial charge on any atom is 0.335 e. The Balaban J connectivity index is 1.80. The van der Waals surface area contributed by atoms with E-state index in [4.69, 9.17) is 18.8 Å². The summed E-state index contributed by atoms with van der Waals surface area (Å²) in [6.45, 7) is 4.13. The van der Waals surface area contributed by atoms with Crippen molar-refractivity contribution in [2.45, 2.75) is 20.0 Å². The highest BCUT2D eigenvalue weighted by Crippen LogP contribution is 2.51. The van der Waals surface area contributed by atoms with Gasteiger partial charge >= 0.3 is 7.60 Å². The summed E-state index contributed by atoms with van der Waals surface area (Å²) in [5.74, 6) is 1.29. The first kappa shape index (κ1) is 24.5. The van der Waals surface area contributed by atoms with Gasteiger partial charge in [-0.15, -0.1) is 0 Å². The van der Waals surface area contributed by atoms with Gasteiger partial charge in [-0.1, -0.05) is 30.3 Å². The third-order valence-electron chi connectivity index (χ3n) is 5.11. The van der Waals surface area contributed by atoms with Crippen molar-refractivity contribution in [1.82, 2.24) is 19.6 Å². The van der Waals surface area contributed by atoms with Gasteiger partial charge in [-0.3, -0.25) is 9.36 Å². The standard InChI is InChI=1S/C24H26N5O5P/c1-4-33-35(31,34-5-2)16-17-9-11-18(12-10-17)23-28-22-19(7-6-8-20(22)32-3)24(30)29(23)27-15-21-25-13-14-26-21/h6-15H,4-5,16H2,1-3H3,(H,25,26). The van der Waals surface area contributed by atoms with E-state index in [1.54, 1.807) is 68.7 Å². The van der Waals surface area contributed by atoms with Crippen molar-refractivity contribution in [2.24, 2.45) is 5.10 Å². The molecule has 0 radical (unpaired) electrons. The van der Waals surface area contributed by atoms with E-state index in [2.05, 4.69) is 15.1 Å². The molecule has 0 aliphatic carbocycles. The largest absolute Gasteiger partial charge is 0.494 e. The number of nitrogens with zero attached hydrogens (tertiary/aromatic N) is 4. The van der Waals surface area contributed by atoms with Gasteiger partial charge in [-0.25, -0.2) is 9.97 Å². The lowest BCUT2D eigenvalue weighted by Crippen LogP contribution is -2.20. The van der Waals surface area contributed by atoms with Crippen LogP contribution in [0.4, 0.5) is 0 Å². The first-order valence-electron chi connectivity index (χ1n) is 11.1. The van der Waals surface area contributed by atoms with Gasteiger partial charge in [-0.2, -0.15) is 9.78 Å². The van der Waals surface area contributed by atoms with Crippen LogP contribution in [0.3, 0.4) is 0 Å². The first-order chi connectivity index (χ1) is 17.0. The molecular formula is C24H26N5O5P. The molecule has 10 nitrogen and oxygen atoms in total. The number of ether oxygens (including phenoxy) is 1. The number of aromatic nitrogens is 4. The Morgan fingerprint density at radius 1 is 1.11 bits per heavy atom. The monoisotopic (exact) mass is 495 g/mol. The van der Waals surface area contributed by atoms with Crippen molar-refractivity contribution >= 4 is 24.7 Å². The van der Waals surface area contributed by atoms with Crippen molar-refractivity contribution in [3.05, 3.63) is 76.6 Å². The van der Waals surface area contributed by atoms with Crippen LogP contribution in [0.15, 0.2) is 64.8 Å². The van der Waals surface area contributed by atoms with Gasteiger partial charge in [-0.05, 0) is 31.5 Å². The molecule has 0 saturated heterocycles. The van der Waals surface area contributed by atoms with Crippen LogP contribution in [0, 0.1) is 0 Å². The van der Waals surface area contributed by atoms with Crippen molar-refractivity contribution in [3.8, 4) is 17.1 Å². The molecule has 1 N–H and O–H groups in total. The van der Waals surface area contributed by atoms with Crippen LogP contribution in [-0.2, 0) is 19.8 Å². The quantitative estimate of drug-likeness (QED) is 0.255. The Bertz CT molecular complexity index is 1420. The van der Waals surface area contributed by atoms with Gasteiger partial charge in [0, 0.05) is 18.0 Å². The minimum atomic E-state index is -3.25. The average molecular weight is 495 g/mol. The lowest BCUT2D eigenvalue weighted by atomic mass is 10.1. The molecule has 0 fully saturated rings. The lowest BCUT2D eigenvalue weighted by Gasteiger charge is -2.17. The molecule has 0 amide bonds. The van der Waals surface area contributed by atoms with Gasteiger partial charge < -0.3 is 18.8 Å². The fourth-order valence-electron chi connectivity index (χ4n) is 3.60. The van der Waals surface area contributed by atoms with Crippen LogP contribution in [-0.4, -0.2) is 46.2 Å². The fraction of sp³-hybridized carbons (Fsp3) is 0.250. The molecule has 2 aromatic heterocycles. The van der Waals surface area contributed by atoms with Gasteiger partial charge in [0.25, 0.3) is 5.56 Å². The van der Waals surface area contributed by atoms with E-state index in [0.29, 0.717) is 33.9 Å². The van der Waals surface area contributed by atoms with E-state index in [0.717, 1.165) is 5.56 Å². The highest BCUT2D eigenvalue weighted by molar-refractivity contribution is 7.53. The van der Waals surface area contributed by atoms with E-state index in [1.165, 1.54) is 18.0 Å². The number of methoxy groups -OCH3 is 1. The van der Waals surface area contributed by atoms with Crippen LogP contribution < -0.4 is 10.3 Å². The highest BCUT2D eigenvalue weighted by Gasteiger charge is 2.24. The summed E-state index contributed by atoms with van der Waals surface area (Å²) in [6, 6.07) is 12.3. The van der Waals surface area contributed by atoms with Crippen molar-refractivity contribution in [2.75, 3.05) is 20.3 Å². The number of imidazole rings is 1. The molecule has 0 unspecified atom stereocenters. The molecule has 2 heterocycles. The molecule has 0 aliphatic rings. The van der Waals surface area contributed by atoms with E-state index in [-0.39, 0.29) is 24.9 Å². The van der Waals surface area contributed by atoms with Crippen molar-refractivity contribution < 1.29 is 18.3 Å². The number of aromatic amines is 1.